The van der Waals surface area contributed by atoms with Gasteiger partial charge in [-0.15, -0.1) is 0 Å². The van der Waals surface area contributed by atoms with Gasteiger partial charge in [-0.3, -0.25) is 0 Å². The topological polar surface area (TPSA) is 32.8 Å². The Balaban J connectivity index is 0.827. The van der Waals surface area contributed by atoms with Crippen LogP contribution in [0.15, 0.2) is 288 Å². The summed E-state index contributed by atoms with van der Waals surface area (Å²) in [4.78, 5) is 4.82. The molecule has 15 rings (SSSR count). The Morgan fingerprint density at radius 2 is 0.600 bits per heavy atom. The third-order valence-corrected chi connectivity index (χ3v) is 16.0. The Hall–Kier alpha value is -10.4. The summed E-state index contributed by atoms with van der Waals surface area (Å²) in [5, 5.41) is 8.73. The van der Waals surface area contributed by atoms with E-state index in [1.807, 2.05) is 0 Å². The first-order chi connectivity index (χ1) is 39.5. The van der Waals surface area contributed by atoms with Crippen molar-refractivity contribution in [3.8, 4) is 44.5 Å². The molecule has 0 N–H and O–H groups in total. The third-order valence-electron chi connectivity index (χ3n) is 16.0. The maximum atomic E-state index is 6.79. The molecule has 13 aromatic carbocycles. The molecular formula is C76H52N2O2. The molecule has 0 amide bonds. The molecule has 15 aromatic rings. The summed E-state index contributed by atoms with van der Waals surface area (Å²) in [6.07, 6.45) is 0. The number of fused-ring (bicyclic) bond motifs is 8. The van der Waals surface area contributed by atoms with Gasteiger partial charge in [0.2, 0.25) is 0 Å². The first kappa shape index (κ1) is 46.8. The highest BCUT2D eigenvalue weighted by atomic mass is 16.3. The lowest BCUT2D eigenvalue weighted by Gasteiger charge is -2.30. The summed E-state index contributed by atoms with van der Waals surface area (Å²) in [5.74, 6) is 0. The molecule has 80 heavy (non-hydrogen) atoms. The smallest absolute Gasteiger partial charge is 0.139 e. The fraction of sp³-hybridized carbons (Fsp3) is 0.0263. The van der Waals surface area contributed by atoms with Crippen LogP contribution in [0.3, 0.4) is 0 Å². The van der Waals surface area contributed by atoms with Crippen LogP contribution in [0.25, 0.3) is 110 Å². The normalized spacial score (nSPS) is 11.6. The lowest BCUT2D eigenvalue weighted by Crippen LogP contribution is -2.12. The molecule has 0 unspecified atom stereocenters. The molecule has 2 aromatic heterocycles. The summed E-state index contributed by atoms with van der Waals surface area (Å²) in [6.45, 7) is 4.38. The highest BCUT2D eigenvalue weighted by Crippen LogP contribution is 2.48. The number of aryl methyl sites for hydroxylation is 2. The molecule has 0 aliphatic heterocycles. The zero-order chi connectivity index (χ0) is 53.3. The molecule has 0 aliphatic carbocycles. The van der Waals surface area contributed by atoms with E-state index in [2.05, 4.69) is 303 Å². The van der Waals surface area contributed by atoms with Gasteiger partial charge in [-0.25, -0.2) is 0 Å². The second-order valence-electron chi connectivity index (χ2n) is 21.0. The van der Waals surface area contributed by atoms with Crippen molar-refractivity contribution in [1.82, 2.24) is 0 Å². The zero-order valence-electron chi connectivity index (χ0n) is 44.3. The number of nitrogens with zero attached hydrogens (tertiary/aromatic N) is 2. The highest BCUT2D eigenvalue weighted by Gasteiger charge is 2.23. The minimum atomic E-state index is 0.794. The average Bonchev–Trinajstić information content (AvgIpc) is 4.25. The Morgan fingerprint density at radius 1 is 0.237 bits per heavy atom. The molecule has 0 fully saturated rings. The molecule has 0 atom stereocenters. The first-order valence-electron chi connectivity index (χ1n) is 27.4. The Morgan fingerprint density at radius 3 is 1.01 bits per heavy atom. The minimum Gasteiger partial charge on any atom is -0.456 e. The van der Waals surface area contributed by atoms with Crippen molar-refractivity contribution in [2.24, 2.45) is 0 Å². The minimum absolute atomic E-state index is 0.794. The van der Waals surface area contributed by atoms with E-state index in [0.717, 1.165) is 122 Å². The fourth-order valence-electron chi connectivity index (χ4n) is 12.0. The number of benzene rings is 13. The van der Waals surface area contributed by atoms with Gasteiger partial charge in [0.1, 0.15) is 22.3 Å². The Bertz CT molecular complexity index is 4540. The quantitative estimate of drug-likeness (QED) is 0.137. The second-order valence-corrected chi connectivity index (χ2v) is 21.0. The number of hydrogen-bond donors (Lipinski definition) is 0. The van der Waals surface area contributed by atoms with Crippen LogP contribution < -0.4 is 9.80 Å². The number of anilines is 6. The Kier molecular flexibility index (Phi) is 11.3. The standard InChI is InChI=1S/C76H52N2O2/c1-49-19-15-17-29-69(49)77(71-37-33-55(51-21-7-3-8-22-51)41-63(71)53-25-11-5-12-26-53)61-35-31-57-43-65-67-47-68-66-44-58-32-36-62(40-60(58)46-74(66)80-76(68)48-75(67)79-73(65)45-59(57)39-61)78(70-30-18-16-20-50(70)2)72-38-34-56(52-23-9-4-10-24-52)42-64(72)54-27-13-6-14-28-54/h3-48H,1-2H3. The number of rotatable bonds is 10. The summed E-state index contributed by atoms with van der Waals surface area (Å²) in [5.41, 5.74) is 21.5. The average molecular weight is 1030 g/mol. The monoisotopic (exact) mass is 1020 g/mol. The van der Waals surface area contributed by atoms with Crippen LogP contribution in [0.5, 0.6) is 0 Å². The van der Waals surface area contributed by atoms with Crippen molar-refractivity contribution < 1.29 is 8.83 Å². The lowest BCUT2D eigenvalue weighted by atomic mass is 9.95. The molecule has 2 heterocycles. The predicted octanol–water partition coefficient (Wildman–Crippen LogP) is 22.0. The van der Waals surface area contributed by atoms with E-state index in [1.165, 1.54) is 33.4 Å². The maximum Gasteiger partial charge on any atom is 0.139 e. The largest absolute Gasteiger partial charge is 0.456 e. The summed E-state index contributed by atoms with van der Waals surface area (Å²) in [6, 6.07) is 101. The zero-order valence-corrected chi connectivity index (χ0v) is 44.3. The van der Waals surface area contributed by atoms with Crippen LogP contribution >= 0.6 is 0 Å². The summed E-state index contributed by atoms with van der Waals surface area (Å²) >= 11 is 0. The van der Waals surface area contributed by atoms with Crippen molar-refractivity contribution in [3.05, 3.63) is 290 Å². The van der Waals surface area contributed by atoms with Gasteiger partial charge in [0.25, 0.3) is 0 Å². The van der Waals surface area contributed by atoms with E-state index in [0.29, 0.717) is 0 Å². The van der Waals surface area contributed by atoms with Gasteiger partial charge >= 0.3 is 0 Å². The van der Waals surface area contributed by atoms with Crippen molar-refractivity contribution in [1.29, 1.82) is 0 Å². The Labute approximate surface area is 464 Å². The van der Waals surface area contributed by atoms with Crippen LogP contribution in [-0.4, -0.2) is 0 Å². The van der Waals surface area contributed by atoms with Crippen LogP contribution in [0.1, 0.15) is 11.1 Å². The SMILES string of the molecule is Cc1ccccc1N(c1ccc2cc3c(cc2c1)oc1cc2oc4cc5cc(N(c6ccccc6C)c6ccc(-c7ccccc7)cc6-c6ccccc6)ccc5cc4c2cc13)c1ccc(-c2ccccc2)cc1-c1ccccc1. The first-order valence-corrected chi connectivity index (χ1v) is 27.4. The van der Waals surface area contributed by atoms with E-state index in [1.54, 1.807) is 0 Å². The van der Waals surface area contributed by atoms with Gasteiger partial charge in [0, 0.05) is 61.5 Å². The van der Waals surface area contributed by atoms with Gasteiger partial charge in [-0.1, -0.05) is 182 Å². The molecule has 0 bridgehead atoms. The molecule has 378 valence electrons. The van der Waals surface area contributed by atoms with Crippen molar-refractivity contribution >= 4 is 99.5 Å². The number of para-hydroxylation sites is 2. The van der Waals surface area contributed by atoms with E-state index in [-0.39, 0.29) is 0 Å². The fourth-order valence-corrected chi connectivity index (χ4v) is 12.0. The van der Waals surface area contributed by atoms with E-state index >= 15 is 0 Å². The highest BCUT2D eigenvalue weighted by molar-refractivity contribution is 6.19. The van der Waals surface area contributed by atoms with Crippen LogP contribution in [0.4, 0.5) is 34.1 Å². The maximum absolute atomic E-state index is 6.79. The van der Waals surface area contributed by atoms with Crippen molar-refractivity contribution in [3.63, 3.8) is 0 Å². The van der Waals surface area contributed by atoms with Gasteiger partial charge in [-0.2, -0.15) is 0 Å². The van der Waals surface area contributed by atoms with Gasteiger partial charge in [-0.05, 0) is 171 Å². The molecule has 4 heteroatoms. The van der Waals surface area contributed by atoms with Crippen LogP contribution in [-0.2, 0) is 0 Å². The second kappa shape index (κ2) is 19.2. The molecule has 0 radical (unpaired) electrons. The molecule has 0 saturated carbocycles. The van der Waals surface area contributed by atoms with E-state index < -0.39 is 0 Å². The lowest BCUT2D eigenvalue weighted by molar-refractivity contribution is 0.656. The summed E-state index contributed by atoms with van der Waals surface area (Å²) in [7, 11) is 0. The van der Waals surface area contributed by atoms with Gasteiger partial charge in [0.05, 0.1) is 11.4 Å². The van der Waals surface area contributed by atoms with Crippen molar-refractivity contribution in [2.45, 2.75) is 13.8 Å². The number of hydrogen-bond acceptors (Lipinski definition) is 4. The number of furan rings is 2. The van der Waals surface area contributed by atoms with Gasteiger partial charge in [0.15, 0.2) is 0 Å². The molecule has 0 saturated heterocycles. The predicted molar refractivity (Wildman–Crippen MR) is 337 cm³/mol. The van der Waals surface area contributed by atoms with Crippen LogP contribution in [0.2, 0.25) is 0 Å². The van der Waals surface area contributed by atoms with E-state index in [9.17, 15) is 0 Å². The molecule has 4 nitrogen and oxygen atoms in total. The molecule has 0 spiro atoms. The van der Waals surface area contributed by atoms with Gasteiger partial charge < -0.3 is 18.6 Å². The third kappa shape index (κ3) is 8.16. The van der Waals surface area contributed by atoms with Crippen molar-refractivity contribution in [2.75, 3.05) is 9.80 Å². The van der Waals surface area contributed by atoms with Crippen LogP contribution in [0, 0.1) is 13.8 Å². The summed E-state index contributed by atoms with van der Waals surface area (Å²) < 4.78 is 13.6. The molecular weight excluding hydrogens is 973 g/mol. The van der Waals surface area contributed by atoms with E-state index in [4.69, 9.17) is 8.83 Å². The molecule has 0 aliphatic rings.